The van der Waals surface area contributed by atoms with Gasteiger partial charge in [0.2, 0.25) is 0 Å². The van der Waals surface area contributed by atoms with E-state index in [1.807, 2.05) is 0 Å². The van der Waals surface area contributed by atoms with Gasteiger partial charge in [0.05, 0.1) is 0 Å². The first-order chi connectivity index (χ1) is 10.4. The highest BCUT2D eigenvalue weighted by Gasteiger charge is 2.47. The summed E-state index contributed by atoms with van der Waals surface area (Å²) in [6.07, 6.45) is 6.56. The number of nitrogens with one attached hydrogen (secondary N) is 1. The highest BCUT2D eigenvalue weighted by atomic mass is 15.2. The average molecular weight is 285 g/mol. The van der Waals surface area contributed by atoms with Gasteiger partial charge in [0, 0.05) is 23.7 Å². The normalized spacial score (nSPS) is 34.7. The van der Waals surface area contributed by atoms with E-state index in [9.17, 15) is 0 Å². The molecule has 1 aromatic rings. The number of anilines is 1. The van der Waals surface area contributed by atoms with E-state index in [1.54, 1.807) is 5.56 Å². The minimum atomic E-state index is 0.624. The number of piperidine rings is 2. The molecule has 3 N–H and O–H groups in total. The third-order valence-electron chi connectivity index (χ3n) is 5.92. The molecule has 1 aromatic carbocycles. The Hall–Kier alpha value is -1.06. The van der Waals surface area contributed by atoms with Crippen LogP contribution in [0.15, 0.2) is 24.3 Å². The summed E-state index contributed by atoms with van der Waals surface area (Å²) < 4.78 is 0. The molecule has 3 aliphatic rings. The second-order valence-electron chi connectivity index (χ2n) is 7.01. The second-order valence-corrected chi connectivity index (χ2v) is 7.01. The molecule has 3 aliphatic heterocycles. The lowest BCUT2D eigenvalue weighted by Crippen LogP contribution is -2.58. The first-order valence-corrected chi connectivity index (χ1v) is 8.68. The number of nitrogens with two attached hydrogens (primary N) is 1. The van der Waals surface area contributed by atoms with Crippen LogP contribution < -0.4 is 11.1 Å². The van der Waals surface area contributed by atoms with Crippen LogP contribution in [0.2, 0.25) is 0 Å². The molecule has 0 aromatic heterocycles. The van der Waals surface area contributed by atoms with Crippen molar-refractivity contribution in [3.63, 3.8) is 0 Å². The zero-order valence-electron chi connectivity index (χ0n) is 12.8. The Balaban J connectivity index is 1.60. The second kappa shape index (κ2) is 5.62. The monoisotopic (exact) mass is 285 g/mol. The van der Waals surface area contributed by atoms with Crippen molar-refractivity contribution in [2.45, 2.75) is 50.1 Å². The molecule has 0 saturated carbocycles. The Morgan fingerprint density at radius 3 is 3.00 bits per heavy atom. The minimum absolute atomic E-state index is 0.624. The van der Waals surface area contributed by atoms with Gasteiger partial charge in [0.25, 0.3) is 0 Å². The number of benzene rings is 1. The number of fused-ring (bicyclic) bond motifs is 5. The molecule has 114 valence electrons. The molecule has 4 unspecified atom stereocenters. The number of para-hydroxylation sites is 1. The van der Waals surface area contributed by atoms with Crippen molar-refractivity contribution in [3.8, 4) is 0 Å². The van der Waals surface area contributed by atoms with Crippen molar-refractivity contribution >= 4 is 5.69 Å². The van der Waals surface area contributed by atoms with Crippen LogP contribution in [0.1, 0.15) is 43.6 Å². The molecule has 21 heavy (non-hydrogen) atoms. The minimum Gasteiger partial charge on any atom is -0.380 e. The van der Waals surface area contributed by atoms with Gasteiger partial charge in [0.15, 0.2) is 0 Å². The summed E-state index contributed by atoms with van der Waals surface area (Å²) in [6.45, 7) is 3.41. The highest BCUT2D eigenvalue weighted by Crippen LogP contribution is 2.46. The molecule has 0 aliphatic carbocycles. The number of hydrogen-bond acceptors (Lipinski definition) is 3. The summed E-state index contributed by atoms with van der Waals surface area (Å²) in [5, 5.41) is 3.87. The lowest BCUT2D eigenvalue weighted by atomic mass is 9.74. The highest BCUT2D eigenvalue weighted by molar-refractivity contribution is 5.60. The largest absolute Gasteiger partial charge is 0.380 e. The van der Waals surface area contributed by atoms with Crippen LogP contribution in [-0.2, 0) is 0 Å². The third-order valence-corrected chi connectivity index (χ3v) is 5.92. The summed E-state index contributed by atoms with van der Waals surface area (Å²) in [7, 11) is 0. The fourth-order valence-corrected chi connectivity index (χ4v) is 5.04. The fraction of sp³-hybridized carbons (Fsp3) is 0.667. The topological polar surface area (TPSA) is 41.3 Å². The summed E-state index contributed by atoms with van der Waals surface area (Å²) in [6, 6.07) is 10.3. The third kappa shape index (κ3) is 2.27. The van der Waals surface area contributed by atoms with E-state index in [2.05, 4.69) is 34.5 Å². The van der Waals surface area contributed by atoms with Gasteiger partial charge in [-0.3, -0.25) is 4.90 Å². The van der Waals surface area contributed by atoms with Crippen LogP contribution in [0.5, 0.6) is 0 Å². The van der Waals surface area contributed by atoms with Gasteiger partial charge >= 0.3 is 0 Å². The maximum absolute atomic E-state index is 5.76. The molecule has 0 amide bonds. The Labute approximate surface area is 127 Å². The standard InChI is InChI=1S/C18H27N3/c19-10-3-5-13-6-4-11-21-12-9-15-14-7-1-2-8-16(14)20-17(15)18(13)21/h1-2,7-8,13,15,17-18,20H,3-6,9-12,19H2. The number of nitrogens with zero attached hydrogens (tertiary/aromatic N) is 1. The Bertz CT molecular complexity index is 501. The smallest absolute Gasteiger partial charge is 0.0489 e. The zero-order valence-corrected chi connectivity index (χ0v) is 12.8. The van der Waals surface area contributed by atoms with E-state index in [-0.39, 0.29) is 0 Å². The van der Waals surface area contributed by atoms with Crippen LogP contribution in [-0.4, -0.2) is 36.6 Å². The summed E-state index contributed by atoms with van der Waals surface area (Å²) >= 11 is 0. The fourth-order valence-electron chi connectivity index (χ4n) is 5.04. The number of rotatable bonds is 3. The lowest BCUT2D eigenvalue weighted by Gasteiger charge is -2.50. The summed E-state index contributed by atoms with van der Waals surface area (Å²) in [5.41, 5.74) is 8.71. The Kier molecular flexibility index (Phi) is 3.64. The summed E-state index contributed by atoms with van der Waals surface area (Å²) in [4.78, 5) is 2.77. The van der Waals surface area contributed by atoms with E-state index < -0.39 is 0 Å². The van der Waals surface area contributed by atoms with Crippen LogP contribution in [0.3, 0.4) is 0 Å². The van der Waals surface area contributed by atoms with Crippen LogP contribution in [0, 0.1) is 5.92 Å². The molecule has 3 heterocycles. The van der Waals surface area contributed by atoms with Gasteiger partial charge < -0.3 is 11.1 Å². The molecule has 3 nitrogen and oxygen atoms in total. The van der Waals surface area contributed by atoms with Crippen LogP contribution >= 0.6 is 0 Å². The van der Waals surface area contributed by atoms with Gasteiger partial charge in [-0.15, -0.1) is 0 Å². The average Bonchev–Trinajstić information content (AvgIpc) is 2.91. The molecule has 3 heteroatoms. The zero-order chi connectivity index (χ0) is 14.2. The van der Waals surface area contributed by atoms with Gasteiger partial charge in [0.1, 0.15) is 0 Å². The van der Waals surface area contributed by atoms with Crippen molar-refractivity contribution in [1.82, 2.24) is 4.90 Å². The molecule has 0 bridgehead atoms. The van der Waals surface area contributed by atoms with E-state index >= 15 is 0 Å². The molecule has 0 radical (unpaired) electrons. The maximum Gasteiger partial charge on any atom is 0.0489 e. The number of hydrogen-bond donors (Lipinski definition) is 2. The Morgan fingerprint density at radius 2 is 2.10 bits per heavy atom. The molecule has 2 saturated heterocycles. The van der Waals surface area contributed by atoms with E-state index in [4.69, 9.17) is 5.73 Å². The molecule has 2 fully saturated rings. The first-order valence-electron chi connectivity index (χ1n) is 8.68. The Morgan fingerprint density at radius 1 is 1.19 bits per heavy atom. The summed E-state index contributed by atoms with van der Waals surface area (Å²) in [5.74, 6) is 1.55. The van der Waals surface area contributed by atoms with Crippen molar-refractivity contribution in [2.24, 2.45) is 11.7 Å². The predicted octanol–water partition coefficient (Wildman–Crippen LogP) is 2.79. The lowest BCUT2D eigenvalue weighted by molar-refractivity contribution is 0.0396. The SMILES string of the molecule is NCCCC1CCCN2CCC3c4ccccc4NC3C12. The molecular weight excluding hydrogens is 258 g/mol. The first kappa shape index (κ1) is 13.6. The van der Waals surface area contributed by atoms with E-state index in [1.165, 1.54) is 50.9 Å². The van der Waals surface area contributed by atoms with Crippen LogP contribution in [0.4, 0.5) is 5.69 Å². The van der Waals surface area contributed by atoms with Gasteiger partial charge in [-0.25, -0.2) is 0 Å². The van der Waals surface area contributed by atoms with Crippen molar-refractivity contribution < 1.29 is 0 Å². The van der Waals surface area contributed by atoms with Crippen molar-refractivity contribution in [2.75, 3.05) is 25.0 Å². The quantitative estimate of drug-likeness (QED) is 0.897. The van der Waals surface area contributed by atoms with E-state index in [0.717, 1.165) is 24.4 Å². The maximum atomic E-state index is 5.76. The van der Waals surface area contributed by atoms with E-state index in [0.29, 0.717) is 6.04 Å². The molecular formula is C18H27N3. The van der Waals surface area contributed by atoms with Gasteiger partial charge in [-0.2, -0.15) is 0 Å². The van der Waals surface area contributed by atoms with Crippen molar-refractivity contribution in [1.29, 1.82) is 0 Å². The molecule has 4 rings (SSSR count). The molecule has 0 spiro atoms. The van der Waals surface area contributed by atoms with Crippen molar-refractivity contribution in [3.05, 3.63) is 29.8 Å². The van der Waals surface area contributed by atoms with Gasteiger partial charge in [-0.05, 0) is 69.3 Å². The van der Waals surface area contributed by atoms with Crippen LogP contribution in [0.25, 0.3) is 0 Å². The van der Waals surface area contributed by atoms with Gasteiger partial charge in [-0.1, -0.05) is 18.2 Å². The molecule has 4 atom stereocenters. The predicted molar refractivity (Wildman–Crippen MR) is 87.6 cm³/mol.